The van der Waals surface area contributed by atoms with Crippen LogP contribution in [0.4, 0.5) is 0 Å². The van der Waals surface area contributed by atoms with Crippen LogP contribution in [0.15, 0.2) is 78.9 Å². The molecule has 0 bridgehead atoms. The number of rotatable bonds is 11. The van der Waals surface area contributed by atoms with E-state index in [0.29, 0.717) is 18.7 Å². The second-order valence-corrected chi connectivity index (χ2v) is 11.5. The number of nitrogens with one attached hydrogen (secondary N) is 1. The van der Waals surface area contributed by atoms with Crippen molar-refractivity contribution in [2.24, 2.45) is 0 Å². The number of amides is 2. The van der Waals surface area contributed by atoms with E-state index >= 15 is 0 Å². The summed E-state index contributed by atoms with van der Waals surface area (Å²) >= 11 is 1.61. The number of hydrogen-bond acceptors (Lipinski definition) is 3. The van der Waals surface area contributed by atoms with Crippen LogP contribution in [0, 0.1) is 13.8 Å². The molecule has 4 rings (SSSR count). The number of thioether (sulfide) groups is 1. The number of nitrogens with zero attached hydrogens (tertiary/aromatic N) is 1. The molecule has 38 heavy (non-hydrogen) atoms. The summed E-state index contributed by atoms with van der Waals surface area (Å²) in [6, 6.07) is 26.4. The lowest BCUT2D eigenvalue weighted by atomic mass is 9.94. The molecule has 3 aromatic rings. The predicted molar refractivity (Wildman–Crippen MR) is 158 cm³/mol. The molecular weight excluding hydrogens is 488 g/mol. The van der Waals surface area contributed by atoms with Gasteiger partial charge < -0.3 is 10.2 Å². The maximum atomic E-state index is 13.8. The van der Waals surface area contributed by atoms with E-state index in [9.17, 15) is 9.59 Å². The molecule has 0 radical (unpaired) electrons. The highest BCUT2D eigenvalue weighted by Crippen LogP contribution is 2.21. The van der Waals surface area contributed by atoms with Crippen LogP contribution >= 0.6 is 11.8 Å². The van der Waals surface area contributed by atoms with Gasteiger partial charge in [-0.3, -0.25) is 9.59 Å². The first-order chi connectivity index (χ1) is 18.5. The molecule has 0 aliphatic heterocycles. The van der Waals surface area contributed by atoms with Crippen LogP contribution in [0.25, 0.3) is 0 Å². The number of aryl methyl sites for hydroxylation is 2. The molecule has 1 atom stereocenters. The van der Waals surface area contributed by atoms with E-state index in [1.807, 2.05) is 35.2 Å². The van der Waals surface area contributed by atoms with E-state index in [1.165, 1.54) is 23.1 Å². The Labute approximate surface area is 232 Å². The molecule has 1 aliphatic rings. The van der Waals surface area contributed by atoms with Gasteiger partial charge in [0.15, 0.2) is 0 Å². The first-order valence-corrected chi connectivity index (χ1v) is 15.0. The monoisotopic (exact) mass is 528 g/mol. The van der Waals surface area contributed by atoms with Crippen molar-refractivity contribution in [1.29, 1.82) is 0 Å². The summed E-state index contributed by atoms with van der Waals surface area (Å²) in [5, 5.41) is 3.32. The SMILES string of the molecule is Cc1ccc(CSCC(=O)N(Cc2ccc(C)cc2)[C@H](Cc2ccccc2)C(=O)NC2CCCCC2)cc1. The standard InChI is InChI=1S/C33H40N2O2S/c1-25-13-17-28(18-14-25)22-35(32(36)24-38-23-29-19-15-26(2)16-20-29)31(21-27-9-5-3-6-10-27)33(37)34-30-11-7-4-8-12-30/h3,5-6,9-10,13-20,30-31H,4,7-8,11-12,21-24H2,1-2H3,(H,34,37)/t31-/m1/s1. The Morgan fingerprint density at radius 3 is 2.05 bits per heavy atom. The van der Waals surface area contributed by atoms with Crippen molar-refractivity contribution in [2.75, 3.05) is 5.75 Å². The van der Waals surface area contributed by atoms with Crippen molar-refractivity contribution < 1.29 is 9.59 Å². The van der Waals surface area contributed by atoms with Gasteiger partial charge in [0.1, 0.15) is 6.04 Å². The minimum absolute atomic E-state index is 0.00223. The van der Waals surface area contributed by atoms with Crippen molar-refractivity contribution in [3.8, 4) is 0 Å². The van der Waals surface area contributed by atoms with Crippen LogP contribution in [0.3, 0.4) is 0 Å². The quantitative estimate of drug-likeness (QED) is 0.304. The van der Waals surface area contributed by atoms with Gasteiger partial charge in [-0.2, -0.15) is 0 Å². The zero-order valence-corrected chi connectivity index (χ0v) is 23.5. The van der Waals surface area contributed by atoms with Crippen molar-refractivity contribution in [3.63, 3.8) is 0 Å². The Morgan fingerprint density at radius 1 is 0.816 bits per heavy atom. The normalized spacial score (nSPS) is 14.6. The van der Waals surface area contributed by atoms with E-state index in [-0.39, 0.29) is 17.9 Å². The summed E-state index contributed by atoms with van der Waals surface area (Å²) in [4.78, 5) is 29.5. The third-order valence-corrected chi connectivity index (χ3v) is 8.30. The van der Waals surface area contributed by atoms with Crippen molar-refractivity contribution >= 4 is 23.6 Å². The van der Waals surface area contributed by atoms with Crippen LogP contribution in [-0.2, 0) is 28.3 Å². The van der Waals surface area contributed by atoms with Gasteiger partial charge in [0, 0.05) is 24.8 Å². The van der Waals surface area contributed by atoms with E-state index < -0.39 is 6.04 Å². The number of carbonyl (C=O) groups is 2. The average Bonchev–Trinajstić information content (AvgIpc) is 2.94. The maximum Gasteiger partial charge on any atom is 0.243 e. The lowest BCUT2D eigenvalue weighted by Crippen LogP contribution is -2.53. The first-order valence-electron chi connectivity index (χ1n) is 13.8. The van der Waals surface area contributed by atoms with Gasteiger partial charge in [0.25, 0.3) is 0 Å². The van der Waals surface area contributed by atoms with Crippen LogP contribution in [0.5, 0.6) is 0 Å². The zero-order valence-electron chi connectivity index (χ0n) is 22.7. The smallest absolute Gasteiger partial charge is 0.243 e. The van der Waals surface area contributed by atoms with Gasteiger partial charge in [-0.25, -0.2) is 0 Å². The second kappa shape index (κ2) is 14.2. The Kier molecular flexibility index (Phi) is 10.5. The van der Waals surface area contributed by atoms with Gasteiger partial charge in [-0.15, -0.1) is 11.8 Å². The van der Waals surface area contributed by atoms with Gasteiger partial charge in [0.05, 0.1) is 5.75 Å². The fraction of sp³-hybridized carbons (Fsp3) is 0.394. The minimum Gasteiger partial charge on any atom is -0.352 e. The van der Waals surface area contributed by atoms with Crippen LogP contribution in [0.2, 0.25) is 0 Å². The molecule has 1 aliphatic carbocycles. The van der Waals surface area contributed by atoms with Gasteiger partial charge in [-0.1, -0.05) is 109 Å². The molecular formula is C33H40N2O2S. The zero-order chi connectivity index (χ0) is 26.7. The summed E-state index contributed by atoms with van der Waals surface area (Å²) in [6.45, 7) is 4.55. The maximum absolute atomic E-state index is 13.8. The largest absolute Gasteiger partial charge is 0.352 e. The fourth-order valence-corrected chi connectivity index (χ4v) is 5.88. The molecule has 3 aromatic carbocycles. The Hall–Kier alpha value is -3.05. The first kappa shape index (κ1) is 28.0. The lowest BCUT2D eigenvalue weighted by molar-refractivity contribution is -0.139. The predicted octanol–water partition coefficient (Wildman–Crippen LogP) is 6.63. The molecule has 0 spiro atoms. The fourth-order valence-electron chi connectivity index (χ4n) is 5.01. The van der Waals surface area contributed by atoms with Gasteiger partial charge in [0.2, 0.25) is 11.8 Å². The molecule has 1 fully saturated rings. The summed E-state index contributed by atoms with van der Waals surface area (Å²) in [6.07, 6.45) is 6.06. The second-order valence-electron chi connectivity index (χ2n) is 10.5. The molecule has 5 heteroatoms. The van der Waals surface area contributed by atoms with E-state index in [0.717, 1.165) is 42.6 Å². The molecule has 4 nitrogen and oxygen atoms in total. The minimum atomic E-state index is -0.562. The molecule has 0 unspecified atom stereocenters. The Morgan fingerprint density at radius 2 is 1.42 bits per heavy atom. The number of hydrogen-bond donors (Lipinski definition) is 1. The average molecular weight is 529 g/mol. The van der Waals surface area contributed by atoms with Crippen LogP contribution in [0.1, 0.15) is 59.9 Å². The molecule has 1 N–H and O–H groups in total. The summed E-state index contributed by atoms with van der Waals surface area (Å²) in [5.41, 5.74) is 5.71. The molecule has 0 saturated heterocycles. The molecule has 1 saturated carbocycles. The molecule has 200 valence electrons. The lowest BCUT2D eigenvalue weighted by Gasteiger charge is -2.33. The number of carbonyl (C=O) groups excluding carboxylic acids is 2. The highest BCUT2D eigenvalue weighted by Gasteiger charge is 2.31. The van der Waals surface area contributed by atoms with Crippen molar-refractivity contribution in [1.82, 2.24) is 10.2 Å². The molecule has 0 aromatic heterocycles. The van der Waals surface area contributed by atoms with E-state index in [2.05, 4.69) is 67.7 Å². The molecule has 2 amide bonds. The Balaban J connectivity index is 1.55. The summed E-state index contributed by atoms with van der Waals surface area (Å²) in [7, 11) is 0. The highest BCUT2D eigenvalue weighted by molar-refractivity contribution is 7.99. The van der Waals surface area contributed by atoms with Crippen molar-refractivity contribution in [2.45, 2.75) is 76.8 Å². The van der Waals surface area contributed by atoms with Gasteiger partial charge in [-0.05, 0) is 43.4 Å². The third kappa shape index (κ3) is 8.49. The summed E-state index contributed by atoms with van der Waals surface area (Å²) < 4.78 is 0. The van der Waals surface area contributed by atoms with Crippen LogP contribution in [-0.4, -0.2) is 34.6 Å². The topological polar surface area (TPSA) is 49.4 Å². The highest BCUT2D eigenvalue weighted by atomic mass is 32.2. The number of benzene rings is 3. The van der Waals surface area contributed by atoms with Crippen LogP contribution < -0.4 is 5.32 Å². The Bertz CT molecular complexity index is 1160. The van der Waals surface area contributed by atoms with E-state index in [4.69, 9.17) is 0 Å². The van der Waals surface area contributed by atoms with Crippen molar-refractivity contribution in [3.05, 3.63) is 107 Å². The summed E-state index contributed by atoms with van der Waals surface area (Å²) in [5.74, 6) is 1.07. The third-order valence-electron chi connectivity index (χ3n) is 7.31. The van der Waals surface area contributed by atoms with E-state index in [1.54, 1.807) is 11.8 Å². The van der Waals surface area contributed by atoms with Gasteiger partial charge >= 0.3 is 0 Å². The molecule has 0 heterocycles.